The minimum atomic E-state index is -1.15. The Bertz CT molecular complexity index is 1230. The molecule has 2 atom stereocenters. The van der Waals surface area contributed by atoms with E-state index in [2.05, 4.69) is 20.9 Å². The van der Waals surface area contributed by atoms with Gasteiger partial charge in [0, 0.05) is 23.9 Å². The van der Waals surface area contributed by atoms with Crippen molar-refractivity contribution >= 4 is 34.9 Å². The van der Waals surface area contributed by atoms with Crippen LogP contribution in [0.1, 0.15) is 18.1 Å². The first-order valence-corrected chi connectivity index (χ1v) is 10.9. The van der Waals surface area contributed by atoms with Crippen molar-refractivity contribution in [3.05, 3.63) is 96.1 Å². The number of fused-ring (bicyclic) bond motifs is 1. The number of nitrogens with zero attached hydrogens (tertiary/aromatic N) is 2. The molecule has 172 valence electrons. The lowest BCUT2D eigenvalue weighted by atomic mass is 10.0. The van der Waals surface area contributed by atoms with Gasteiger partial charge in [-0.15, -0.1) is 0 Å². The molecule has 1 heterocycles. The zero-order valence-corrected chi connectivity index (χ0v) is 18.9. The number of aliphatic imine (C=N–C) groups is 1. The molecule has 0 radical (unpaired) electrons. The first-order valence-electron chi connectivity index (χ1n) is 10.9. The van der Waals surface area contributed by atoms with E-state index in [1.165, 1.54) is 4.90 Å². The van der Waals surface area contributed by atoms with Gasteiger partial charge in [0.25, 0.3) is 5.91 Å². The van der Waals surface area contributed by atoms with Gasteiger partial charge in [0.15, 0.2) is 0 Å². The summed E-state index contributed by atoms with van der Waals surface area (Å²) in [6.45, 7) is 1.54. The number of carbonyl (C=O) groups is 3. The summed E-state index contributed by atoms with van der Waals surface area (Å²) in [7, 11) is 1.65. The zero-order chi connectivity index (χ0) is 24.1. The van der Waals surface area contributed by atoms with Gasteiger partial charge in [0.1, 0.15) is 6.04 Å². The number of carbonyl (C=O) groups excluding carboxylic acids is 3. The average molecular weight is 456 g/mol. The standard InChI is InChI=1S/C26H25N5O3/c1-17(27-26(34)28-19-13-7-4-8-14-19)24(32)30-23-25(33)31(2)21-16-10-9-15-20(21)22(29-23)18-11-5-3-6-12-18/h3-17,23H,1-2H3,(H,30,32)(H2,27,28,34)/t17-,23+/m0/s1. The van der Waals surface area contributed by atoms with E-state index >= 15 is 0 Å². The summed E-state index contributed by atoms with van der Waals surface area (Å²) in [6.07, 6.45) is -1.15. The predicted molar refractivity (Wildman–Crippen MR) is 132 cm³/mol. The second kappa shape index (κ2) is 9.99. The molecule has 3 aromatic rings. The van der Waals surface area contributed by atoms with Crippen LogP contribution in [0.4, 0.5) is 16.2 Å². The molecular weight excluding hydrogens is 430 g/mol. The van der Waals surface area contributed by atoms with Crippen LogP contribution in [-0.4, -0.2) is 42.8 Å². The first-order chi connectivity index (χ1) is 16.4. The maximum absolute atomic E-state index is 13.2. The van der Waals surface area contributed by atoms with E-state index in [1.807, 2.05) is 60.7 Å². The summed E-state index contributed by atoms with van der Waals surface area (Å²) in [5.74, 6) is -0.912. The van der Waals surface area contributed by atoms with E-state index < -0.39 is 24.1 Å². The summed E-state index contributed by atoms with van der Waals surface area (Å²) < 4.78 is 0. The van der Waals surface area contributed by atoms with E-state index in [0.717, 1.165) is 11.1 Å². The molecule has 8 nitrogen and oxygen atoms in total. The molecule has 0 fully saturated rings. The topological polar surface area (TPSA) is 103 Å². The number of benzodiazepines with no additional fused rings is 1. The zero-order valence-electron chi connectivity index (χ0n) is 18.9. The van der Waals surface area contributed by atoms with Gasteiger partial charge in [-0.1, -0.05) is 66.7 Å². The van der Waals surface area contributed by atoms with Gasteiger partial charge in [-0.25, -0.2) is 9.79 Å². The summed E-state index contributed by atoms with van der Waals surface area (Å²) in [5.41, 5.74) is 3.50. The van der Waals surface area contributed by atoms with Crippen molar-refractivity contribution in [1.29, 1.82) is 0 Å². The van der Waals surface area contributed by atoms with Gasteiger partial charge in [0.05, 0.1) is 11.4 Å². The third-order valence-electron chi connectivity index (χ3n) is 5.44. The minimum absolute atomic E-state index is 0.382. The van der Waals surface area contributed by atoms with Crippen LogP contribution in [0.15, 0.2) is 89.9 Å². The Balaban J connectivity index is 1.55. The number of hydrogen-bond acceptors (Lipinski definition) is 4. The largest absolute Gasteiger partial charge is 0.326 e. The Hall–Kier alpha value is -4.46. The number of rotatable bonds is 5. The monoisotopic (exact) mass is 455 g/mol. The molecule has 0 unspecified atom stereocenters. The molecule has 3 N–H and O–H groups in total. The number of hydrogen-bond donors (Lipinski definition) is 3. The van der Waals surface area contributed by atoms with Crippen LogP contribution in [-0.2, 0) is 9.59 Å². The lowest BCUT2D eigenvalue weighted by Crippen LogP contribution is -2.52. The smallest absolute Gasteiger partial charge is 0.319 e. The number of nitrogens with one attached hydrogen (secondary N) is 3. The molecule has 1 aliphatic heterocycles. The molecule has 8 heteroatoms. The molecule has 0 aromatic heterocycles. The van der Waals surface area contributed by atoms with Gasteiger partial charge in [-0.2, -0.15) is 0 Å². The number of para-hydroxylation sites is 2. The third-order valence-corrected chi connectivity index (χ3v) is 5.44. The molecule has 34 heavy (non-hydrogen) atoms. The molecule has 4 amide bonds. The van der Waals surface area contributed by atoms with Crippen LogP contribution >= 0.6 is 0 Å². The maximum atomic E-state index is 13.2. The Morgan fingerprint density at radius 1 is 0.912 bits per heavy atom. The Kier molecular flexibility index (Phi) is 6.68. The van der Waals surface area contributed by atoms with E-state index in [-0.39, 0.29) is 5.91 Å². The summed E-state index contributed by atoms with van der Waals surface area (Å²) >= 11 is 0. The van der Waals surface area contributed by atoms with Crippen molar-refractivity contribution in [2.24, 2.45) is 4.99 Å². The lowest BCUT2D eigenvalue weighted by Gasteiger charge is -2.22. The molecule has 0 saturated carbocycles. The van der Waals surface area contributed by atoms with Crippen molar-refractivity contribution in [2.75, 3.05) is 17.3 Å². The van der Waals surface area contributed by atoms with Crippen LogP contribution in [0.5, 0.6) is 0 Å². The van der Waals surface area contributed by atoms with Crippen molar-refractivity contribution < 1.29 is 14.4 Å². The number of urea groups is 1. The van der Waals surface area contributed by atoms with Gasteiger partial charge in [0.2, 0.25) is 12.1 Å². The van der Waals surface area contributed by atoms with Crippen LogP contribution < -0.4 is 20.9 Å². The fourth-order valence-corrected chi connectivity index (χ4v) is 3.65. The molecule has 0 spiro atoms. The number of benzene rings is 3. The fourth-order valence-electron chi connectivity index (χ4n) is 3.65. The average Bonchev–Trinajstić information content (AvgIpc) is 2.96. The van der Waals surface area contributed by atoms with E-state index in [0.29, 0.717) is 17.1 Å². The normalized spacial score (nSPS) is 15.9. The second-order valence-corrected chi connectivity index (χ2v) is 7.86. The van der Waals surface area contributed by atoms with E-state index in [1.54, 1.807) is 38.2 Å². The lowest BCUT2D eigenvalue weighted by molar-refractivity contribution is -0.128. The molecule has 1 aliphatic rings. The number of likely N-dealkylation sites (N-methyl/N-ethyl adjacent to an activating group) is 1. The van der Waals surface area contributed by atoms with Crippen LogP contribution in [0.3, 0.4) is 0 Å². The molecule has 4 rings (SSSR count). The third kappa shape index (κ3) is 4.96. The predicted octanol–water partition coefficient (Wildman–Crippen LogP) is 3.15. The quantitative estimate of drug-likeness (QED) is 0.551. The van der Waals surface area contributed by atoms with Crippen molar-refractivity contribution in [1.82, 2.24) is 10.6 Å². The van der Waals surface area contributed by atoms with Crippen LogP contribution in [0.2, 0.25) is 0 Å². The van der Waals surface area contributed by atoms with Crippen LogP contribution in [0.25, 0.3) is 0 Å². The van der Waals surface area contributed by atoms with Crippen LogP contribution in [0, 0.1) is 0 Å². The second-order valence-electron chi connectivity index (χ2n) is 7.86. The first kappa shape index (κ1) is 22.7. The summed E-state index contributed by atoms with van der Waals surface area (Å²) in [6, 6.07) is 24.4. The Labute approximate surface area is 197 Å². The van der Waals surface area contributed by atoms with E-state index in [9.17, 15) is 14.4 Å². The molecule has 0 aliphatic carbocycles. The SMILES string of the molecule is C[C@H](NC(=O)Nc1ccccc1)C(=O)N[C@H]1N=C(c2ccccc2)c2ccccc2N(C)C1=O. The highest BCUT2D eigenvalue weighted by Gasteiger charge is 2.32. The Morgan fingerprint density at radius 2 is 1.53 bits per heavy atom. The van der Waals surface area contributed by atoms with Crippen molar-refractivity contribution in [2.45, 2.75) is 19.1 Å². The maximum Gasteiger partial charge on any atom is 0.319 e. The minimum Gasteiger partial charge on any atom is -0.326 e. The molecule has 0 saturated heterocycles. The molecule has 0 bridgehead atoms. The van der Waals surface area contributed by atoms with Gasteiger partial charge in [-0.05, 0) is 25.1 Å². The highest BCUT2D eigenvalue weighted by molar-refractivity contribution is 6.20. The number of amides is 4. The van der Waals surface area contributed by atoms with Gasteiger partial charge >= 0.3 is 6.03 Å². The summed E-state index contributed by atoms with van der Waals surface area (Å²) in [5, 5.41) is 7.93. The van der Waals surface area contributed by atoms with Crippen molar-refractivity contribution in [3.63, 3.8) is 0 Å². The molecular formula is C26H25N5O3. The van der Waals surface area contributed by atoms with Gasteiger partial charge < -0.3 is 20.9 Å². The Morgan fingerprint density at radius 3 is 2.24 bits per heavy atom. The highest BCUT2D eigenvalue weighted by Crippen LogP contribution is 2.27. The van der Waals surface area contributed by atoms with Gasteiger partial charge in [-0.3, -0.25) is 9.59 Å². The summed E-state index contributed by atoms with van der Waals surface area (Å²) in [4.78, 5) is 44.5. The molecule has 3 aromatic carbocycles. The number of anilines is 2. The van der Waals surface area contributed by atoms with E-state index in [4.69, 9.17) is 0 Å². The van der Waals surface area contributed by atoms with Crippen molar-refractivity contribution in [3.8, 4) is 0 Å². The fraction of sp³-hybridized carbons (Fsp3) is 0.154. The highest BCUT2D eigenvalue weighted by atomic mass is 16.2.